The Morgan fingerprint density at radius 3 is 2.53 bits per heavy atom. The summed E-state index contributed by atoms with van der Waals surface area (Å²) in [4.78, 5) is 14.3. The van der Waals surface area contributed by atoms with Crippen molar-refractivity contribution in [2.75, 3.05) is 5.75 Å². The van der Waals surface area contributed by atoms with Crippen LogP contribution in [0.4, 0.5) is 0 Å². The standard InChI is InChI=1S/C11H19NOS2/c1-7-6-14-9-10(2,3)15-11(4,5)12(9)8(7)13/h7,9H,6H2,1-5H3/t7-,9-/m1/s1. The van der Waals surface area contributed by atoms with Crippen molar-refractivity contribution in [1.82, 2.24) is 4.90 Å². The first-order valence-corrected chi connectivity index (χ1v) is 7.27. The van der Waals surface area contributed by atoms with E-state index in [1.807, 2.05) is 30.4 Å². The molecule has 0 spiro atoms. The van der Waals surface area contributed by atoms with Crippen LogP contribution < -0.4 is 0 Å². The molecule has 1 amide bonds. The molecule has 0 aromatic carbocycles. The van der Waals surface area contributed by atoms with E-state index in [4.69, 9.17) is 0 Å². The zero-order chi connectivity index (χ0) is 11.4. The summed E-state index contributed by atoms with van der Waals surface area (Å²) in [6.45, 7) is 10.9. The Kier molecular flexibility index (Phi) is 2.59. The number of amides is 1. The number of rotatable bonds is 0. The molecule has 0 aromatic rings. The predicted octanol–water partition coefficient (Wildman–Crippen LogP) is 2.79. The lowest BCUT2D eigenvalue weighted by atomic mass is 10.1. The van der Waals surface area contributed by atoms with Gasteiger partial charge < -0.3 is 4.90 Å². The van der Waals surface area contributed by atoms with Gasteiger partial charge >= 0.3 is 0 Å². The van der Waals surface area contributed by atoms with E-state index in [2.05, 4.69) is 32.6 Å². The number of carbonyl (C=O) groups excluding carboxylic acids is 1. The molecule has 2 saturated heterocycles. The number of carbonyl (C=O) groups is 1. The maximum atomic E-state index is 12.2. The van der Waals surface area contributed by atoms with E-state index in [0.29, 0.717) is 11.3 Å². The third kappa shape index (κ3) is 1.70. The minimum Gasteiger partial charge on any atom is -0.315 e. The fourth-order valence-corrected chi connectivity index (χ4v) is 6.27. The first-order chi connectivity index (χ1) is 6.76. The molecule has 86 valence electrons. The molecule has 0 unspecified atom stereocenters. The fraction of sp³-hybridized carbons (Fsp3) is 0.909. The number of hydrogen-bond acceptors (Lipinski definition) is 3. The topological polar surface area (TPSA) is 20.3 Å². The Labute approximate surface area is 101 Å². The second kappa shape index (κ2) is 3.33. The molecule has 2 aliphatic rings. The van der Waals surface area contributed by atoms with Crippen LogP contribution in [0.1, 0.15) is 34.6 Å². The van der Waals surface area contributed by atoms with E-state index < -0.39 is 0 Å². The maximum Gasteiger partial charge on any atom is 0.228 e. The van der Waals surface area contributed by atoms with Gasteiger partial charge in [-0.05, 0) is 27.7 Å². The van der Waals surface area contributed by atoms with Gasteiger partial charge in [0.1, 0.15) is 0 Å². The largest absolute Gasteiger partial charge is 0.315 e. The van der Waals surface area contributed by atoms with Crippen molar-refractivity contribution in [2.24, 2.45) is 5.92 Å². The van der Waals surface area contributed by atoms with Crippen molar-refractivity contribution in [2.45, 2.75) is 49.6 Å². The molecule has 4 heteroatoms. The highest BCUT2D eigenvalue weighted by atomic mass is 32.2. The van der Waals surface area contributed by atoms with Crippen LogP contribution in [0.15, 0.2) is 0 Å². The van der Waals surface area contributed by atoms with Gasteiger partial charge in [-0.25, -0.2) is 0 Å². The monoisotopic (exact) mass is 245 g/mol. The predicted molar refractivity (Wildman–Crippen MR) is 68.0 cm³/mol. The highest BCUT2D eigenvalue weighted by Crippen LogP contribution is 2.56. The summed E-state index contributed by atoms with van der Waals surface area (Å²) in [6.07, 6.45) is 0. The van der Waals surface area contributed by atoms with Crippen LogP contribution in [0.3, 0.4) is 0 Å². The van der Waals surface area contributed by atoms with Gasteiger partial charge in [0.25, 0.3) is 0 Å². The summed E-state index contributed by atoms with van der Waals surface area (Å²) in [7, 11) is 0. The van der Waals surface area contributed by atoms with Crippen molar-refractivity contribution in [3.63, 3.8) is 0 Å². The number of thioether (sulfide) groups is 2. The molecule has 0 bridgehead atoms. The van der Waals surface area contributed by atoms with Crippen molar-refractivity contribution >= 4 is 29.4 Å². The quantitative estimate of drug-likeness (QED) is 0.654. The van der Waals surface area contributed by atoms with Gasteiger partial charge in [0, 0.05) is 16.4 Å². The van der Waals surface area contributed by atoms with Gasteiger partial charge in [-0.2, -0.15) is 0 Å². The Morgan fingerprint density at radius 1 is 1.33 bits per heavy atom. The lowest BCUT2D eigenvalue weighted by Crippen LogP contribution is -2.53. The fourth-order valence-electron chi connectivity index (χ4n) is 2.54. The SMILES string of the molecule is C[C@@H]1CS[C@H]2N(C1=O)C(C)(C)SC2(C)C. The summed E-state index contributed by atoms with van der Waals surface area (Å²) >= 11 is 3.86. The lowest BCUT2D eigenvalue weighted by Gasteiger charge is -2.41. The second-order valence-corrected chi connectivity index (χ2v) is 8.82. The number of nitrogens with zero attached hydrogens (tertiary/aromatic N) is 1. The van der Waals surface area contributed by atoms with E-state index >= 15 is 0 Å². The van der Waals surface area contributed by atoms with Crippen LogP contribution in [-0.2, 0) is 4.79 Å². The zero-order valence-corrected chi connectivity index (χ0v) is 11.7. The Hall–Kier alpha value is 0.170. The van der Waals surface area contributed by atoms with E-state index in [1.165, 1.54) is 0 Å². The first kappa shape index (κ1) is 11.6. The molecule has 0 aromatic heterocycles. The molecular formula is C11H19NOS2. The van der Waals surface area contributed by atoms with Crippen LogP contribution >= 0.6 is 23.5 Å². The van der Waals surface area contributed by atoms with E-state index in [0.717, 1.165) is 5.75 Å². The zero-order valence-electron chi connectivity index (χ0n) is 10.0. The highest BCUT2D eigenvalue weighted by Gasteiger charge is 2.56. The molecule has 2 aliphatic heterocycles. The van der Waals surface area contributed by atoms with E-state index in [-0.39, 0.29) is 15.5 Å². The van der Waals surface area contributed by atoms with Crippen LogP contribution in [0.25, 0.3) is 0 Å². The van der Waals surface area contributed by atoms with Crippen LogP contribution in [0, 0.1) is 5.92 Å². The molecule has 2 fully saturated rings. The smallest absolute Gasteiger partial charge is 0.228 e. The molecule has 0 N–H and O–H groups in total. The van der Waals surface area contributed by atoms with Crippen molar-refractivity contribution in [1.29, 1.82) is 0 Å². The van der Waals surface area contributed by atoms with Gasteiger partial charge in [0.15, 0.2) is 0 Å². The molecule has 15 heavy (non-hydrogen) atoms. The molecule has 0 aliphatic carbocycles. The molecule has 2 heterocycles. The summed E-state index contributed by atoms with van der Waals surface area (Å²) in [5, 5.41) is 0.348. The highest BCUT2D eigenvalue weighted by molar-refractivity contribution is 8.05. The minimum atomic E-state index is -0.0487. The lowest BCUT2D eigenvalue weighted by molar-refractivity contribution is -0.138. The molecule has 2 atom stereocenters. The van der Waals surface area contributed by atoms with E-state index in [1.54, 1.807) is 0 Å². The number of fused-ring (bicyclic) bond motifs is 1. The molecule has 2 nitrogen and oxygen atoms in total. The molecule has 2 rings (SSSR count). The average molecular weight is 245 g/mol. The third-order valence-electron chi connectivity index (χ3n) is 3.09. The summed E-state index contributed by atoms with van der Waals surface area (Å²) in [6, 6.07) is 0. The van der Waals surface area contributed by atoms with Gasteiger partial charge in [0.05, 0.1) is 10.2 Å². The Balaban J connectivity index is 2.36. The second-order valence-electron chi connectivity index (χ2n) is 5.45. The Morgan fingerprint density at radius 2 is 1.93 bits per heavy atom. The van der Waals surface area contributed by atoms with Gasteiger partial charge in [-0.15, -0.1) is 23.5 Å². The summed E-state index contributed by atoms with van der Waals surface area (Å²) in [5.41, 5.74) is 0. The van der Waals surface area contributed by atoms with Gasteiger partial charge in [-0.3, -0.25) is 4.79 Å². The summed E-state index contributed by atoms with van der Waals surface area (Å²) < 4.78 is 0.171. The van der Waals surface area contributed by atoms with Crippen molar-refractivity contribution in [3.8, 4) is 0 Å². The average Bonchev–Trinajstić information content (AvgIpc) is 2.24. The minimum absolute atomic E-state index is 0.0487. The Bertz CT molecular complexity index is 301. The van der Waals surface area contributed by atoms with Crippen molar-refractivity contribution < 1.29 is 4.79 Å². The van der Waals surface area contributed by atoms with Crippen LogP contribution in [0.5, 0.6) is 0 Å². The van der Waals surface area contributed by atoms with Crippen LogP contribution in [-0.4, -0.2) is 31.6 Å². The van der Waals surface area contributed by atoms with Gasteiger partial charge in [0.2, 0.25) is 5.91 Å². The summed E-state index contributed by atoms with van der Waals surface area (Å²) in [5.74, 6) is 1.49. The van der Waals surface area contributed by atoms with Crippen molar-refractivity contribution in [3.05, 3.63) is 0 Å². The maximum absolute atomic E-state index is 12.2. The van der Waals surface area contributed by atoms with Gasteiger partial charge in [-0.1, -0.05) is 6.92 Å². The van der Waals surface area contributed by atoms with Crippen LogP contribution in [0.2, 0.25) is 0 Å². The molecule has 0 saturated carbocycles. The normalized spacial score (nSPS) is 37.9. The van der Waals surface area contributed by atoms with E-state index in [9.17, 15) is 4.79 Å². The first-order valence-electron chi connectivity index (χ1n) is 5.41. The molecule has 0 radical (unpaired) electrons. The number of hydrogen-bond donors (Lipinski definition) is 0. The third-order valence-corrected chi connectivity index (χ3v) is 6.49. The molecular weight excluding hydrogens is 226 g/mol.